The van der Waals surface area contributed by atoms with E-state index in [2.05, 4.69) is 53.4 Å². The van der Waals surface area contributed by atoms with Crippen LogP contribution >= 0.6 is 12.4 Å². The first-order chi connectivity index (χ1) is 11.8. The first-order valence-corrected chi connectivity index (χ1v) is 8.34. The Morgan fingerprint density at radius 2 is 1.04 bits per heavy atom. The Morgan fingerprint density at radius 1 is 0.640 bits per heavy atom. The van der Waals surface area contributed by atoms with Gasteiger partial charge in [-0.15, -0.1) is 12.4 Å². The van der Waals surface area contributed by atoms with Crippen LogP contribution in [0.4, 0.5) is 0 Å². The molecule has 0 radical (unpaired) electrons. The van der Waals surface area contributed by atoms with E-state index in [0.717, 1.165) is 18.7 Å². The third-order valence-corrected chi connectivity index (χ3v) is 4.11. The van der Waals surface area contributed by atoms with Gasteiger partial charge in [-0.2, -0.15) is 0 Å². The molecule has 1 atom stereocenters. The maximum Gasteiger partial charge on any atom is 0.0917 e. The van der Waals surface area contributed by atoms with Gasteiger partial charge in [0.25, 0.3) is 0 Å². The predicted molar refractivity (Wildman–Crippen MR) is 106 cm³/mol. The van der Waals surface area contributed by atoms with Gasteiger partial charge in [0, 0.05) is 19.6 Å². The third kappa shape index (κ3) is 6.02. The number of nitrogens with zero attached hydrogens (tertiary/aromatic N) is 1. The van der Waals surface area contributed by atoms with Crippen LogP contribution in [0.3, 0.4) is 0 Å². The van der Waals surface area contributed by atoms with E-state index >= 15 is 0 Å². The fourth-order valence-electron chi connectivity index (χ4n) is 2.89. The van der Waals surface area contributed by atoms with Crippen LogP contribution in [0.15, 0.2) is 91.0 Å². The Bertz CT molecular complexity index is 677. The van der Waals surface area contributed by atoms with Gasteiger partial charge in [-0.3, -0.25) is 4.90 Å². The summed E-state index contributed by atoms with van der Waals surface area (Å²) in [5, 5.41) is 10.6. The second-order valence-electron chi connectivity index (χ2n) is 6.07. The van der Waals surface area contributed by atoms with Gasteiger partial charge in [-0.1, -0.05) is 91.0 Å². The summed E-state index contributed by atoms with van der Waals surface area (Å²) in [6.45, 7) is 2.24. The normalized spacial score (nSPS) is 11.8. The molecule has 0 amide bonds. The third-order valence-electron chi connectivity index (χ3n) is 4.11. The molecule has 3 rings (SSSR count). The van der Waals surface area contributed by atoms with Crippen molar-refractivity contribution in [2.24, 2.45) is 0 Å². The summed E-state index contributed by atoms with van der Waals surface area (Å²) in [5.41, 5.74) is 3.48. The van der Waals surface area contributed by atoms with E-state index in [1.807, 2.05) is 42.5 Å². The Balaban J connectivity index is 0.00000225. The summed E-state index contributed by atoms with van der Waals surface area (Å²) in [6, 6.07) is 30.7. The van der Waals surface area contributed by atoms with E-state index in [4.69, 9.17) is 0 Å². The van der Waals surface area contributed by atoms with Gasteiger partial charge in [-0.25, -0.2) is 0 Å². The van der Waals surface area contributed by atoms with Crippen LogP contribution in [-0.2, 0) is 13.1 Å². The van der Waals surface area contributed by atoms with Gasteiger partial charge in [0.1, 0.15) is 0 Å². The van der Waals surface area contributed by atoms with Gasteiger partial charge in [-0.05, 0) is 16.7 Å². The summed E-state index contributed by atoms with van der Waals surface area (Å²) in [7, 11) is 0. The second kappa shape index (κ2) is 10.00. The van der Waals surface area contributed by atoms with Gasteiger partial charge < -0.3 is 5.11 Å². The highest BCUT2D eigenvalue weighted by Gasteiger charge is 2.14. The van der Waals surface area contributed by atoms with E-state index < -0.39 is 6.10 Å². The number of hydrogen-bond donors (Lipinski definition) is 1. The Morgan fingerprint density at radius 3 is 1.48 bits per heavy atom. The number of aliphatic hydroxyl groups excluding tert-OH is 1. The fourth-order valence-corrected chi connectivity index (χ4v) is 2.89. The maximum atomic E-state index is 10.6. The van der Waals surface area contributed by atoms with Crippen LogP contribution in [0.1, 0.15) is 22.8 Å². The molecule has 0 bridgehead atoms. The largest absolute Gasteiger partial charge is 0.387 e. The molecule has 1 unspecified atom stereocenters. The first kappa shape index (κ1) is 19.2. The van der Waals surface area contributed by atoms with Gasteiger partial charge in [0.2, 0.25) is 0 Å². The number of halogens is 1. The molecule has 0 aliphatic rings. The molecule has 0 heterocycles. The lowest BCUT2D eigenvalue weighted by molar-refractivity contribution is 0.105. The van der Waals surface area contributed by atoms with Crippen molar-refractivity contribution in [2.45, 2.75) is 19.2 Å². The molecule has 3 aromatic rings. The van der Waals surface area contributed by atoms with Crippen LogP contribution in [0.2, 0.25) is 0 Å². The minimum absolute atomic E-state index is 0. The Hall–Kier alpha value is -2.13. The highest BCUT2D eigenvalue weighted by molar-refractivity contribution is 5.85. The van der Waals surface area contributed by atoms with Crippen LogP contribution in [-0.4, -0.2) is 16.6 Å². The molecule has 0 saturated carbocycles. The lowest BCUT2D eigenvalue weighted by atomic mass is 10.1. The summed E-state index contributed by atoms with van der Waals surface area (Å²) < 4.78 is 0. The zero-order valence-corrected chi connectivity index (χ0v) is 15.0. The maximum absolute atomic E-state index is 10.6. The van der Waals surface area contributed by atoms with Gasteiger partial charge in [0.05, 0.1) is 6.10 Å². The van der Waals surface area contributed by atoms with Crippen molar-refractivity contribution in [3.63, 3.8) is 0 Å². The van der Waals surface area contributed by atoms with E-state index in [-0.39, 0.29) is 12.4 Å². The zero-order chi connectivity index (χ0) is 16.6. The van der Waals surface area contributed by atoms with Crippen molar-refractivity contribution in [1.82, 2.24) is 4.90 Å². The van der Waals surface area contributed by atoms with Crippen LogP contribution < -0.4 is 0 Å². The van der Waals surface area contributed by atoms with Crippen LogP contribution in [0.5, 0.6) is 0 Å². The van der Waals surface area contributed by atoms with Crippen molar-refractivity contribution < 1.29 is 5.11 Å². The quantitative estimate of drug-likeness (QED) is 0.656. The molecule has 2 nitrogen and oxygen atoms in total. The standard InChI is InChI=1S/C22H23NO.ClH/c24-22(21-14-8-3-9-15-21)18-23(16-19-10-4-1-5-11-19)17-20-12-6-2-7-13-20;/h1-15,22,24H,16-18H2;1H. The van der Waals surface area contributed by atoms with E-state index in [9.17, 15) is 5.11 Å². The molecule has 0 saturated heterocycles. The molecule has 3 heteroatoms. The van der Waals surface area contributed by atoms with Crippen molar-refractivity contribution in [3.05, 3.63) is 108 Å². The molecule has 0 fully saturated rings. The van der Waals surface area contributed by atoms with Gasteiger partial charge in [0.15, 0.2) is 0 Å². The van der Waals surface area contributed by atoms with Crippen molar-refractivity contribution in [3.8, 4) is 0 Å². The molecule has 0 aromatic heterocycles. The minimum atomic E-state index is -0.487. The average molecular weight is 354 g/mol. The van der Waals surface area contributed by atoms with E-state index in [0.29, 0.717) is 6.54 Å². The topological polar surface area (TPSA) is 23.5 Å². The highest BCUT2D eigenvalue weighted by Crippen LogP contribution is 2.17. The second-order valence-corrected chi connectivity index (χ2v) is 6.07. The minimum Gasteiger partial charge on any atom is -0.387 e. The predicted octanol–water partition coefficient (Wildman–Crippen LogP) is 4.84. The Kier molecular flexibility index (Phi) is 7.68. The summed E-state index contributed by atoms with van der Waals surface area (Å²) >= 11 is 0. The van der Waals surface area contributed by atoms with Crippen molar-refractivity contribution in [2.75, 3.05) is 6.54 Å². The molecule has 1 N–H and O–H groups in total. The first-order valence-electron chi connectivity index (χ1n) is 8.34. The smallest absolute Gasteiger partial charge is 0.0917 e. The van der Waals surface area contributed by atoms with E-state index in [1.165, 1.54) is 11.1 Å². The molecule has 0 aliphatic heterocycles. The molecule has 0 spiro atoms. The van der Waals surface area contributed by atoms with Gasteiger partial charge >= 0.3 is 0 Å². The lowest BCUT2D eigenvalue weighted by Gasteiger charge is -2.25. The molecule has 130 valence electrons. The SMILES string of the molecule is Cl.OC(CN(Cc1ccccc1)Cc1ccccc1)c1ccccc1. The molecule has 0 aliphatic carbocycles. The summed E-state index contributed by atoms with van der Waals surface area (Å²) in [4.78, 5) is 2.29. The highest BCUT2D eigenvalue weighted by atomic mass is 35.5. The summed E-state index contributed by atoms with van der Waals surface area (Å²) in [5.74, 6) is 0. The monoisotopic (exact) mass is 353 g/mol. The molecular weight excluding hydrogens is 330 g/mol. The summed E-state index contributed by atoms with van der Waals surface area (Å²) in [6.07, 6.45) is -0.487. The average Bonchev–Trinajstić information content (AvgIpc) is 2.64. The number of rotatable bonds is 7. The number of benzene rings is 3. The molecule has 3 aromatic carbocycles. The molecular formula is C22H24ClNO. The lowest BCUT2D eigenvalue weighted by Crippen LogP contribution is -2.28. The molecule has 25 heavy (non-hydrogen) atoms. The number of aliphatic hydroxyl groups is 1. The van der Waals surface area contributed by atoms with Crippen molar-refractivity contribution in [1.29, 1.82) is 0 Å². The van der Waals surface area contributed by atoms with Crippen LogP contribution in [0.25, 0.3) is 0 Å². The fraction of sp³-hybridized carbons (Fsp3) is 0.182. The Labute approximate surface area is 156 Å². The van der Waals surface area contributed by atoms with Crippen molar-refractivity contribution >= 4 is 12.4 Å². The number of hydrogen-bond acceptors (Lipinski definition) is 2. The van der Waals surface area contributed by atoms with E-state index in [1.54, 1.807) is 0 Å². The zero-order valence-electron chi connectivity index (χ0n) is 14.2. The van der Waals surface area contributed by atoms with Crippen LogP contribution in [0, 0.1) is 0 Å².